The Bertz CT molecular complexity index is 567. The van der Waals surface area contributed by atoms with Gasteiger partial charge in [-0.2, -0.15) is 0 Å². The third-order valence-corrected chi connectivity index (χ3v) is 3.57. The van der Waals surface area contributed by atoms with Crippen LogP contribution < -0.4 is 0 Å². The second-order valence-corrected chi connectivity index (χ2v) is 6.98. The molecule has 0 spiro atoms. The van der Waals surface area contributed by atoms with Crippen LogP contribution in [0.25, 0.3) is 0 Å². The van der Waals surface area contributed by atoms with E-state index in [1.165, 1.54) is 12.0 Å². The maximum absolute atomic E-state index is 12.7. The highest BCUT2D eigenvalue weighted by Crippen LogP contribution is 2.25. The quantitative estimate of drug-likeness (QED) is 0.556. The number of esters is 1. The van der Waals surface area contributed by atoms with Crippen molar-refractivity contribution in [2.24, 2.45) is 0 Å². The third kappa shape index (κ3) is 6.05. The highest BCUT2D eigenvalue weighted by Gasteiger charge is 2.45. The van der Waals surface area contributed by atoms with E-state index in [4.69, 9.17) is 14.2 Å². The molecule has 0 saturated carbocycles. The predicted octanol–water partition coefficient (Wildman–Crippen LogP) is 3.39. The van der Waals surface area contributed by atoms with Crippen molar-refractivity contribution >= 4 is 12.1 Å². The predicted molar refractivity (Wildman–Crippen MR) is 95.1 cm³/mol. The lowest BCUT2D eigenvalue weighted by atomic mass is 9.91. The van der Waals surface area contributed by atoms with E-state index >= 15 is 0 Å². The monoisotopic (exact) mass is 351 g/mol. The lowest BCUT2D eigenvalue weighted by molar-refractivity contribution is -0.159. The normalized spacial score (nSPS) is 13.7. The van der Waals surface area contributed by atoms with Gasteiger partial charge in [-0.3, -0.25) is 4.90 Å². The van der Waals surface area contributed by atoms with Crippen LogP contribution in [0.1, 0.15) is 40.2 Å². The maximum atomic E-state index is 12.7. The second kappa shape index (κ2) is 8.85. The Morgan fingerprint density at radius 3 is 2.16 bits per heavy atom. The van der Waals surface area contributed by atoms with Crippen molar-refractivity contribution < 1.29 is 23.8 Å². The van der Waals surface area contributed by atoms with Gasteiger partial charge in [0.2, 0.25) is 0 Å². The number of benzene rings is 1. The lowest BCUT2D eigenvalue weighted by Crippen LogP contribution is -2.58. The number of ether oxygens (including phenoxy) is 3. The first-order valence-electron chi connectivity index (χ1n) is 8.34. The van der Waals surface area contributed by atoms with Gasteiger partial charge in [0.25, 0.3) is 0 Å². The molecule has 6 heteroatoms. The summed E-state index contributed by atoms with van der Waals surface area (Å²) in [5.41, 5.74) is -1.04. The molecular weight excluding hydrogens is 322 g/mol. The SMILES string of the molecule is CCOC(=O)[C@](C)(Cc1ccccc1)N(COC)C(=O)OC(C)(C)C. The molecule has 1 amide bonds. The fourth-order valence-electron chi connectivity index (χ4n) is 2.40. The Hall–Kier alpha value is -2.08. The first-order chi connectivity index (χ1) is 11.6. The van der Waals surface area contributed by atoms with Gasteiger partial charge in [0.05, 0.1) is 6.61 Å². The number of rotatable bonds is 7. The van der Waals surface area contributed by atoms with E-state index in [-0.39, 0.29) is 19.8 Å². The molecule has 1 rings (SSSR count). The van der Waals surface area contributed by atoms with Crippen molar-refractivity contribution in [2.75, 3.05) is 20.4 Å². The molecule has 0 unspecified atom stereocenters. The van der Waals surface area contributed by atoms with Crippen LogP contribution in [0.2, 0.25) is 0 Å². The minimum Gasteiger partial charge on any atom is -0.464 e. The van der Waals surface area contributed by atoms with Crippen LogP contribution in [0.5, 0.6) is 0 Å². The van der Waals surface area contributed by atoms with Crippen molar-refractivity contribution in [3.05, 3.63) is 35.9 Å². The third-order valence-electron chi connectivity index (χ3n) is 3.57. The highest BCUT2D eigenvalue weighted by molar-refractivity contribution is 5.86. The van der Waals surface area contributed by atoms with Crippen molar-refractivity contribution in [1.82, 2.24) is 4.90 Å². The van der Waals surface area contributed by atoms with Crippen LogP contribution in [0.15, 0.2) is 30.3 Å². The summed E-state index contributed by atoms with van der Waals surface area (Å²) in [6.07, 6.45) is -0.337. The Morgan fingerprint density at radius 2 is 1.68 bits per heavy atom. The number of methoxy groups -OCH3 is 1. The molecule has 140 valence electrons. The van der Waals surface area contributed by atoms with Crippen LogP contribution in [0.3, 0.4) is 0 Å². The molecule has 0 aliphatic rings. The van der Waals surface area contributed by atoms with Gasteiger partial charge in [-0.05, 0) is 40.2 Å². The fraction of sp³-hybridized carbons (Fsp3) is 0.579. The molecule has 25 heavy (non-hydrogen) atoms. The number of hydrogen-bond acceptors (Lipinski definition) is 5. The van der Waals surface area contributed by atoms with E-state index in [9.17, 15) is 9.59 Å². The molecule has 1 aromatic rings. The van der Waals surface area contributed by atoms with Crippen LogP contribution in [0, 0.1) is 0 Å². The van der Waals surface area contributed by atoms with Gasteiger partial charge in [0.1, 0.15) is 17.9 Å². The van der Waals surface area contributed by atoms with Crippen LogP contribution in [-0.2, 0) is 25.4 Å². The Morgan fingerprint density at radius 1 is 1.08 bits per heavy atom. The van der Waals surface area contributed by atoms with Crippen molar-refractivity contribution in [3.8, 4) is 0 Å². The Kier molecular flexibility index (Phi) is 7.42. The number of hydrogen-bond donors (Lipinski definition) is 0. The van der Waals surface area contributed by atoms with E-state index in [2.05, 4.69) is 0 Å². The molecule has 1 aromatic carbocycles. The van der Waals surface area contributed by atoms with Gasteiger partial charge in [0.15, 0.2) is 0 Å². The molecule has 6 nitrogen and oxygen atoms in total. The number of carbonyl (C=O) groups is 2. The van der Waals surface area contributed by atoms with E-state index in [1.807, 2.05) is 30.3 Å². The van der Waals surface area contributed by atoms with Gasteiger partial charge >= 0.3 is 12.1 Å². The zero-order valence-electron chi connectivity index (χ0n) is 16.0. The molecule has 0 aromatic heterocycles. The zero-order chi connectivity index (χ0) is 19.1. The van der Waals surface area contributed by atoms with Crippen LogP contribution in [0.4, 0.5) is 4.79 Å². The number of carbonyl (C=O) groups excluding carboxylic acids is 2. The number of nitrogens with zero attached hydrogens (tertiary/aromatic N) is 1. The van der Waals surface area contributed by atoms with Crippen LogP contribution in [-0.4, -0.2) is 48.5 Å². The smallest absolute Gasteiger partial charge is 0.413 e. The van der Waals surface area contributed by atoms with Gasteiger partial charge in [-0.1, -0.05) is 30.3 Å². The molecule has 0 aliphatic heterocycles. The average Bonchev–Trinajstić information content (AvgIpc) is 2.51. The fourth-order valence-corrected chi connectivity index (χ4v) is 2.40. The summed E-state index contributed by atoms with van der Waals surface area (Å²) in [5, 5.41) is 0. The Labute approximate surface area is 150 Å². The van der Waals surface area contributed by atoms with Gasteiger partial charge in [-0.25, -0.2) is 9.59 Å². The molecule has 0 heterocycles. The van der Waals surface area contributed by atoms with Gasteiger partial charge < -0.3 is 14.2 Å². The summed E-state index contributed by atoms with van der Waals surface area (Å²) >= 11 is 0. The standard InChI is InChI=1S/C19H29NO5/c1-7-24-16(21)19(5,13-15-11-9-8-10-12-15)20(14-23-6)17(22)25-18(2,3)4/h8-12H,7,13-14H2,1-6H3/t19-/m0/s1. The minimum absolute atomic E-state index is 0.0862. The highest BCUT2D eigenvalue weighted by atomic mass is 16.6. The first-order valence-corrected chi connectivity index (χ1v) is 8.34. The van der Waals surface area contributed by atoms with Crippen LogP contribution >= 0.6 is 0 Å². The summed E-state index contributed by atoms with van der Waals surface area (Å²) in [7, 11) is 1.46. The van der Waals surface area contributed by atoms with Crippen molar-refractivity contribution in [3.63, 3.8) is 0 Å². The summed E-state index contributed by atoms with van der Waals surface area (Å²) in [4.78, 5) is 26.7. The average molecular weight is 351 g/mol. The summed E-state index contributed by atoms with van der Waals surface area (Å²) in [6.45, 7) is 8.85. The minimum atomic E-state index is -1.25. The van der Waals surface area contributed by atoms with E-state index < -0.39 is 23.2 Å². The largest absolute Gasteiger partial charge is 0.464 e. The van der Waals surface area contributed by atoms with E-state index in [1.54, 1.807) is 34.6 Å². The molecule has 0 radical (unpaired) electrons. The van der Waals surface area contributed by atoms with Gasteiger partial charge in [0, 0.05) is 13.5 Å². The molecular formula is C19H29NO5. The molecule has 1 atom stereocenters. The summed E-state index contributed by atoms with van der Waals surface area (Å²) in [6, 6.07) is 9.46. The summed E-state index contributed by atoms with van der Waals surface area (Å²) < 4.78 is 15.9. The van der Waals surface area contributed by atoms with Crippen molar-refractivity contribution in [2.45, 2.75) is 52.2 Å². The number of amides is 1. The Balaban J connectivity index is 3.24. The molecule has 0 fully saturated rings. The van der Waals surface area contributed by atoms with E-state index in [0.29, 0.717) is 0 Å². The lowest BCUT2D eigenvalue weighted by Gasteiger charge is -2.39. The second-order valence-electron chi connectivity index (χ2n) is 6.98. The topological polar surface area (TPSA) is 65.1 Å². The molecule has 0 aliphatic carbocycles. The molecule has 0 N–H and O–H groups in total. The maximum Gasteiger partial charge on any atom is 0.413 e. The van der Waals surface area contributed by atoms with Crippen molar-refractivity contribution in [1.29, 1.82) is 0 Å². The first kappa shape index (κ1) is 21.0. The molecule has 0 saturated heterocycles. The molecule has 0 bridgehead atoms. The summed E-state index contributed by atoms with van der Waals surface area (Å²) in [5.74, 6) is -0.498. The van der Waals surface area contributed by atoms with Gasteiger partial charge in [-0.15, -0.1) is 0 Å². The van der Waals surface area contributed by atoms with E-state index in [0.717, 1.165) is 5.56 Å². The zero-order valence-corrected chi connectivity index (χ0v) is 16.0.